The standard InChI is InChI=1S/C12H18ClN3O3S/c1-2-9-11(20(13,18)19)10(16-15-9)12(17)14-7-6-8-4-3-5-8/h8H,2-7H2,1H3,(H,14,17)(H,15,16). The summed E-state index contributed by atoms with van der Waals surface area (Å²) in [6.45, 7) is 2.29. The van der Waals surface area contributed by atoms with E-state index in [1.807, 2.05) is 0 Å². The van der Waals surface area contributed by atoms with Crippen molar-refractivity contribution < 1.29 is 13.2 Å². The lowest BCUT2D eigenvalue weighted by atomic mass is 9.83. The van der Waals surface area contributed by atoms with Gasteiger partial charge in [0.05, 0.1) is 5.69 Å². The summed E-state index contributed by atoms with van der Waals surface area (Å²) in [6.07, 6.45) is 5.00. The summed E-state index contributed by atoms with van der Waals surface area (Å²) in [7, 11) is 1.39. The van der Waals surface area contributed by atoms with Gasteiger partial charge in [0.1, 0.15) is 4.90 Å². The van der Waals surface area contributed by atoms with Crippen molar-refractivity contribution >= 4 is 25.6 Å². The normalized spacial score (nSPS) is 15.9. The third-order valence-corrected chi connectivity index (χ3v) is 5.06. The van der Waals surface area contributed by atoms with Crippen LogP contribution in [0.5, 0.6) is 0 Å². The lowest BCUT2D eigenvalue weighted by Gasteiger charge is -2.25. The van der Waals surface area contributed by atoms with Crippen LogP contribution in [0.15, 0.2) is 4.90 Å². The molecule has 1 aliphatic carbocycles. The molecule has 1 heterocycles. The Balaban J connectivity index is 2.07. The smallest absolute Gasteiger partial charge is 0.273 e. The maximum atomic E-state index is 12.0. The average Bonchev–Trinajstić information content (AvgIpc) is 2.75. The van der Waals surface area contributed by atoms with Crippen LogP contribution in [0.25, 0.3) is 0 Å². The second kappa shape index (κ2) is 6.13. The zero-order valence-corrected chi connectivity index (χ0v) is 12.9. The van der Waals surface area contributed by atoms with Gasteiger partial charge in [-0.15, -0.1) is 0 Å². The van der Waals surface area contributed by atoms with Crippen LogP contribution in [0, 0.1) is 5.92 Å². The van der Waals surface area contributed by atoms with Gasteiger partial charge in [0.2, 0.25) is 0 Å². The highest BCUT2D eigenvalue weighted by atomic mass is 35.7. The minimum atomic E-state index is -4.00. The molecule has 1 amide bonds. The summed E-state index contributed by atoms with van der Waals surface area (Å²) < 4.78 is 23.1. The molecule has 1 fully saturated rings. The van der Waals surface area contributed by atoms with Crippen LogP contribution in [-0.4, -0.2) is 31.1 Å². The molecule has 0 saturated heterocycles. The number of H-pyrrole nitrogens is 1. The van der Waals surface area contributed by atoms with Gasteiger partial charge in [-0.25, -0.2) is 8.42 Å². The first-order valence-corrected chi connectivity index (χ1v) is 9.04. The van der Waals surface area contributed by atoms with Crippen molar-refractivity contribution in [1.82, 2.24) is 15.5 Å². The third-order valence-electron chi connectivity index (χ3n) is 3.67. The molecule has 0 bridgehead atoms. The van der Waals surface area contributed by atoms with E-state index in [1.54, 1.807) is 6.92 Å². The topological polar surface area (TPSA) is 91.9 Å². The molecule has 1 aliphatic rings. The summed E-state index contributed by atoms with van der Waals surface area (Å²) in [5.74, 6) is 0.177. The number of halogens is 1. The van der Waals surface area contributed by atoms with E-state index >= 15 is 0 Å². The highest BCUT2D eigenvalue weighted by Gasteiger charge is 2.27. The molecule has 0 radical (unpaired) electrons. The predicted octanol–water partition coefficient (Wildman–Crippen LogP) is 1.82. The second-order valence-corrected chi connectivity index (χ2v) is 7.52. The number of nitrogens with zero attached hydrogens (tertiary/aromatic N) is 1. The number of rotatable bonds is 6. The van der Waals surface area contributed by atoms with Crippen LogP contribution in [0.1, 0.15) is 48.8 Å². The van der Waals surface area contributed by atoms with Crippen LogP contribution >= 0.6 is 10.7 Å². The first-order valence-electron chi connectivity index (χ1n) is 6.73. The van der Waals surface area contributed by atoms with Crippen LogP contribution in [0.3, 0.4) is 0 Å². The molecule has 0 atom stereocenters. The van der Waals surface area contributed by atoms with E-state index in [9.17, 15) is 13.2 Å². The molecule has 1 aromatic rings. The van der Waals surface area contributed by atoms with Gasteiger partial charge >= 0.3 is 0 Å². The van der Waals surface area contributed by atoms with E-state index in [2.05, 4.69) is 15.5 Å². The van der Waals surface area contributed by atoms with Crippen LogP contribution in [-0.2, 0) is 15.5 Å². The summed E-state index contributed by atoms with van der Waals surface area (Å²) in [5.41, 5.74) is 0.203. The third kappa shape index (κ3) is 3.32. The van der Waals surface area contributed by atoms with Gasteiger partial charge in [-0.1, -0.05) is 26.2 Å². The highest BCUT2D eigenvalue weighted by Crippen LogP contribution is 2.29. The summed E-state index contributed by atoms with van der Waals surface area (Å²) in [6, 6.07) is 0. The van der Waals surface area contributed by atoms with Gasteiger partial charge < -0.3 is 5.32 Å². The van der Waals surface area contributed by atoms with Gasteiger partial charge in [-0.3, -0.25) is 9.89 Å². The van der Waals surface area contributed by atoms with E-state index in [-0.39, 0.29) is 10.6 Å². The number of hydrogen-bond acceptors (Lipinski definition) is 4. The fourth-order valence-electron chi connectivity index (χ4n) is 2.28. The lowest BCUT2D eigenvalue weighted by molar-refractivity contribution is 0.0940. The van der Waals surface area contributed by atoms with Gasteiger partial charge in [0.25, 0.3) is 15.0 Å². The molecule has 2 N–H and O–H groups in total. The van der Waals surface area contributed by atoms with E-state index in [0.717, 1.165) is 6.42 Å². The molecule has 20 heavy (non-hydrogen) atoms. The van der Waals surface area contributed by atoms with Crippen molar-refractivity contribution in [2.24, 2.45) is 5.92 Å². The molecule has 0 unspecified atom stereocenters. The number of aromatic nitrogens is 2. The zero-order chi connectivity index (χ0) is 14.8. The number of aryl methyl sites for hydroxylation is 1. The Bertz CT molecular complexity index is 593. The highest BCUT2D eigenvalue weighted by molar-refractivity contribution is 8.13. The maximum Gasteiger partial charge on any atom is 0.273 e. The summed E-state index contributed by atoms with van der Waals surface area (Å²) in [4.78, 5) is 11.8. The molecule has 2 rings (SSSR count). The van der Waals surface area contributed by atoms with Gasteiger partial charge in [0, 0.05) is 17.2 Å². The SMILES string of the molecule is CCc1[nH]nc(C(=O)NCCC2CCC2)c1S(=O)(=O)Cl. The fraction of sp³-hybridized carbons (Fsp3) is 0.667. The molecule has 8 heteroatoms. The van der Waals surface area contributed by atoms with E-state index in [1.165, 1.54) is 19.3 Å². The molecule has 0 aliphatic heterocycles. The minimum absolute atomic E-state index is 0.148. The Kier molecular flexibility index (Phi) is 4.70. The number of amides is 1. The lowest BCUT2D eigenvalue weighted by Crippen LogP contribution is -2.28. The first-order chi connectivity index (χ1) is 9.43. The molecule has 112 valence electrons. The number of carbonyl (C=O) groups excluding carboxylic acids is 1. The fourth-order valence-corrected chi connectivity index (χ4v) is 3.63. The molecule has 0 aromatic carbocycles. The molecule has 1 aromatic heterocycles. The Hall–Kier alpha value is -1.08. The molecular weight excluding hydrogens is 302 g/mol. The van der Waals surface area contributed by atoms with Crippen LogP contribution in [0.2, 0.25) is 0 Å². The number of nitrogens with one attached hydrogen (secondary N) is 2. The van der Waals surface area contributed by atoms with Crippen molar-refractivity contribution in [2.75, 3.05) is 6.54 Å². The monoisotopic (exact) mass is 319 g/mol. The predicted molar refractivity (Wildman–Crippen MR) is 75.3 cm³/mol. The van der Waals surface area contributed by atoms with Crippen LogP contribution in [0.4, 0.5) is 0 Å². The summed E-state index contributed by atoms with van der Waals surface area (Å²) in [5, 5.41) is 9.05. The van der Waals surface area contributed by atoms with Gasteiger partial charge in [-0.05, 0) is 18.8 Å². The Morgan fingerprint density at radius 3 is 2.70 bits per heavy atom. The summed E-state index contributed by atoms with van der Waals surface area (Å²) >= 11 is 0. The van der Waals surface area contributed by atoms with Crippen molar-refractivity contribution in [3.05, 3.63) is 11.4 Å². The van der Waals surface area contributed by atoms with Gasteiger partial charge in [0.15, 0.2) is 5.69 Å². The molecule has 0 spiro atoms. The quantitative estimate of drug-likeness (QED) is 0.782. The largest absolute Gasteiger partial charge is 0.351 e. The van der Waals surface area contributed by atoms with Gasteiger partial charge in [-0.2, -0.15) is 5.10 Å². The number of aromatic amines is 1. The van der Waals surface area contributed by atoms with E-state index < -0.39 is 15.0 Å². The Morgan fingerprint density at radius 1 is 1.50 bits per heavy atom. The average molecular weight is 320 g/mol. The van der Waals surface area contributed by atoms with E-state index in [0.29, 0.717) is 24.6 Å². The number of carbonyl (C=O) groups is 1. The zero-order valence-electron chi connectivity index (χ0n) is 11.3. The van der Waals surface area contributed by atoms with Crippen LogP contribution < -0.4 is 5.32 Å². The minimum Gasteiger partial charge on any atom is -0.351 e. The first kappa shape index (κ1) is 15.3. The van der Waals surface area contributed by atoms with Crippen molar-refractivity contribution in [1.29, 1.82) is 0 Å². The van der Waals surface area contributed by atoms with Crippen molar-refractivity contribution in [3.8, 4) is 0 Å². The molecular formula is C12H18ClN3O3S. The number of hydrogen-bond donors (Lipinski definition) is 2. The van der Waals surface area contributed by atoms with Crippen molar-refractivity contribution in [2.45, 2.75) is 43.9 Å². The second-order valence-electron chi connectivity index (χ2n) is 5.01. The molecule has 1 saturated carbocycles. The molecule has 6 nitrogen and oxygen atoms in total. The Labute approximate surface area is 122 Å². The maximum absolute atomic E-state index is 12.0. The van der Waals surface area contributed by atoms with Crippen molar-refractivity contribution in [3.63, 3.8) is 0 Å². The van der Waals surface area contributed by atoms with E-state index in [4.69, 9.17) is 10.7 Å². The Morgan fingerprint density at radius 2 is 2.20 bits per heavy atom.